The van der Waals surface area contributed by atoms with Crippen LogP contribution in [0.3, 0.4) is 0 Å². The maximum absolute atomic E-state index is 11.1. The Morgan fingerprint density at radius 1 is 1.27 bits per heavy atom. The van der Waals surface area contributed by atoms with Crippen molar-refractivity contribution < 1.29 is 4.79 Å². The second-order valence-electron chi connectivity index (χ2n) is 5.31. The van der Waals surface area contributed by atoms with Gasteiger partial charge in [-0.15, -0.1) is 0 Å². The van der Waals surface area contributed by atoms with Crippen molar-refractivity contribution in [2.45, 2.75) is 46.5 Å². The number of nitrogens with zero attached hydrogens (tertiary/aromatic N) is 1. The molecule has 1 rings (SSSR count). The standard InChI is InChI=1S/C12H21NOSe/c1-10(14)8-12(2,3)9-11(15)13-6-4-5-7-13/h4-9H2,1-3H3. The van der Waals surface area contributed by atoms with Crippen LogP contribution in [0.4, 0.5) is 0 Å². The summed E-state index contributed by atoms with van der Waals surface area (Å²) in [6, 6.07) is 0. The molecule has 86 valence electrons. The molecule has 0 amide bonds. The Labute approximate surface area is 101 Å². The molecule has 0 aliphatic carbocycles. The van der Waals surface area contributed by atoms with Crippen molar-refractivity contribution in [3.8, 4) is 0 Å². The summed E-state index contributed by atoms with van der Waals surface area (Å²) in [6.07, 6.45) is 4.27. The molecule has 0 unspecified atom stereocenters. The van der Waals surface area contributed by atoms with E-state index >= 15 is 0 Å². The van der Waals surface area contributed by atoms with Gasteiger partial charge in [0.1, 0.15) is 0 Å². The summed E-state index contributed by atoms with van der Waals surface area (Å²) in [6.45, 7) is 8.37. The van der Waals surface area contributed by atoms with E-state index < -0.39 is 0 Å². The third-order valence-corrected chi connectivity index (χ3v) is 3.66. The molecule has 0 spiro atoms. The van der Waals surface area contributed by atoms with E-state index in [4.69, 9.17) is 0 Å². The molecule has 1 saturated heterocycles. The predicted molar refractivity (Wildman–Crippen MR) is 65.3 cm³/mol. The summed E-state index contributed by atoms with van der Waals surface area (Å²) in [7, 11) is 0. The van der Waals surface area contributed by atoms with Crippen LogP contribution in [0.25, 0.3) is 0 Å². The first-order valence-corrected chi connectivity index (χ1v) is 6.54. The van der Waals surface area contributed by atoms with Crippen molar-refractivity contribution in [1.29, 1.82) is 0 Å². The normalized spacial score (nSPS) is 16.9. The van der Waals surface area contributed by atoms with Gasteiger partial charge < -0.3 is 0 Å². The maximum atomic E-state index is 11.1. The zero-order chi connectivity index (χ0) is 11.5. The zero-order valence-electron chi connectivity index (χ0n) is 10.0. The first-order valence-electron chi connectivity index (χ1n) is 5.68. The molecule has 0 radical (unpaired) electrons. The SMILES string of the molecule is CC(=O)CC(C)(C)CC(=[Se])N1CCCC1. The second-order valence-corrected chi connectivity index (χ2v) is 6.30. The topological polar surface area (TPSA) is 20.3 Å². The minimum absolute atomic E-state index is 0.0923. The van der Waals surface area contributed by atoms with Gasteiger partial charge in [-0.25, -0.2) is 0 Å². The van der Waals surface area contributed by atoms with Crippen molar-refractivity contribution in [3.05, 3.63) is 0 Å². The predicted octanol–water partition coefficient (Wildman–Crippen LogP) is 1.78. The van der Waals surface area contributed by atoms with Gasteiger partial charge in [0.25, 0.3) is 0 Å². The molecule has 2 nitrogen and oxygen atoms in total. The van der Waals surface area contributed by atoms with Crippen LogP contribution in [0.1, 0.15) is 46.5 Å². The zero-order valence-corrected chi connectivity index (χ0v) is 11.7. The number of carbonyl (C=O) groups excluding carboxylic acids is 1. The van der Waals surface area contributed by atoms with E-state index in [0.717, 1.165) is 6.42 Å². The number of carbonyl (C=O) groups is 1. The third kappa shape index (κ3) is 4.48. The van der Waals surface area contributed by atoms with Gasteiger partial charge in [-0.05, 0) is 0 Å². The Hall–Kier alpha value is -0.141. The van der Waals surface area contributed by atoms with E-state index in [-0.39, 0.29) is 11.2 Å². The van der Waals surface area contributed by atoms with E-state index in [1.54, 1.807) is 6.92 Å². The quantitative estimate of drug-likeness (QED) is 0.712. The monoisotopic (exact) mass is 275 g/mol. The van der Waals surface area contributed by atoms with Gasteiger partial charge in [0.15, 0.2) is 0 Å². The summed E-state index contributed by atoms with van der Waals surface area (Å²) in [4.78, 5) is 13.5. The van der Waals surface area contributed by atoms with E-state index in [1.807, 2.05) is 0 Å². The molecule has 1 heterocycles. The van der Waals surface area contributed by atoms with Crippen LogP contribution in [0, 0.1) is 5.41 Å². The molecular formula is C12H21NOSe. The van der Waals surface area contributed by atoms with Gasteiger partial charge in [-0.3, -0.25) is 0 Å². The Balaban J connectivity index is 2.44. The second kappa shape index (κ2) is 5.27. The molecule has 0 aromatic heterocycles. The number of hydrogen-bond donors (Lipinski definition) is 0. The molecule has 0 saturated carbocycles. The van der Waals surface area contributed by atoms with Gasteiger partial charge >= 0.3 is 101 Å². The molecule has 15 heavy (non-hydrogen) atoms. The average Bonchev–Trinajstić information content (AvgIpc) is 2.50. The van der Waals surface area contributed by atoms with E-state index in [2.05, 4.69) is 34.3 Å². The summed E-state index contributed by atoms with van der Waals surface area (Å²) >= 11 is 3.18. The van der Waals surface area contributed by atoms with Crippen LogP contribution in [-0.4, -0.2) is 43.9 Å². The number of Topliss-reactive ketones (excluding diaryl/α,β-unsaturated/α-hetero) is 1. The van der Waals surface area contributed by atoms with Gasteiger partial charge in [0.2, 0.25) is 0 Å². The summed E-state index contributed by atoms with van der Waals surface area (Å²) < 4.78 is 1.33. The van der Waals surface area contributed by atoms with E-state index in [9.17, 15) is 4.79 Å². The number of hydrogen-bond acceptors (Lipinski definition) is 2. The van der Waals surface area contributed by atoms with Crippen LogP contribution < -0.4 is 0 Å². The molecule has 1 aliphatic rings. The van der Waals surface area contributed by atoms with E-state index in [0.29, 0.717) is 6.42 Å². The van der Waals surface area contributed by atoms with Crippen molar-refractivity contribution in [2.75, 3.05) is 13.1 Å². The summed E-state index contributed by atoms with van der Waals surface area (Å²) in [5.74, 6) is 0.286. The Bertz CT molecular complexity index is 254. The number of rotatable bonds is 5. The minimum atomic E-state index is 0.0923. The summed E-state index contributed by atoms with van der Waals surface area (Å²) in [5, 5.41) is 0. The Morgan fingerprint density at radius 3 is 2.27 bits per heavy atom. The van der Waals surface area contributed by atoms with Gasteiger partial charge in [0, 0.05) is 0 Å². The Morgan fingerprint density at radius 2 is 1.80 bits per heavy atom. The molecular weight excluding hydrogens is 253 g/mol. The fourth-order valence-electron chi connectivity index (χ4n) is 2.22. The first kappa shape index (κ1) is 12.9. The van der Waals surface area contributed by atoms with Crippen LogP contribution in [0.5, 0.6) is 0 Å². The third-order valence-electron chi connectivity index (χ3n) is 2.82. The van der Waals surface area contributed by atoms with Crippen molar-refractivity contribution in [2.24, 2.45) is 5.41 Å². The molecule has 0 aromatic rings. The Kier molecular flexibility index (Phi) is 4.54. The van der Waals surface area contributed by atoms with Crippen molar-refractivity contribution in [1.82, 2.24) is 4.90 Å². The molecule has 0 aromatic carbocycles. The first-order chi connectivity index (χ1) is 6.91. The van der Waals surface area contributed by atoms with Crippen LogP contribution in [0.2, 0.25) is 0 Å². The average molecular weight is 274 g/mol. The molecule has 0 N–H and O–H groups in total. The van der Waals surface area contributed by atoms with Gasteiger partial charge in [-0.2, -0.15) is 0 Å². The van der Waals surface area contributed by atoms with Crippen molar-refractivity contribution in [3.63, 3.8) is 0 Å². The number of likely N-dealkylation sites (tertiary alicyclic amines) is 1. The molecule has 1 fully saturated rings. The van der Waals surface area contributed by atoms with E-state index in [1.165, 1.54) is 30.5 Å². The van der Waals surface area contributed by atoms with Crippen molar-refractivity contribution >= 4 is 25.9 Å². The molecule has 0 bridgehead atoms. The molecule has 1 aliphatic heterocycles. The fourth-order valence-corrected chi connectivity index (χ4v) is 3.43. The van der Waals surface area contributed by atoms with Crippen LogP contribution >= 0.6 is 0 Å². The van der Waals surface area contributed by atoms with Crippen LogP contribution in [0.15, 0.2) is 0 Å². The molecule has 0 atom stereocenters. The fraction of sp³-hybridized carbons (Fsp3) is 0.833. The summed E-state index contributed by atoms with van der Waals surface area (Å²) in [5.41, 5.74) is 0.0923. The van der Waals surface area contributed by atoms with Gasteiger partial charge in [-0.1, -0.05) is 0 Å². The number of ketones is 1. The molecule has 3 heteroatoms. The van der Waals surface area contributed by atoms with Crippen LogP contribution in [-0.2, 0) is 4.79 Å². The van der Waals surface area contributed by atoms with Gasteiger partial charge in [0.05, 0.1) is 0 Å².